The van der Waals surface area contributed by atoms with Crippen molar-refractivity contribution in [1.82, 2.24) is 14.7 Å². The predicted octanol–water partition coefficient (Wildman–Crippen LogP) is 2.87. The standard InChI is InChI=1S/C20H20FN3O4/c1-14(19(25)23(2)12-15-5-3-6-16(21)11-15)27-20(26)18-8-7-17(28-18)13-24-10-4-9-22-24/h3-11,14H,12-13H2,1-2H3. The smallest absolute Gasteiger partial charge is 0.375 e. The van der Waals surface area contributed by atoms with E-state index in [2.05, 4.69) is 5.10 Å². The number of ether oxygens (including phenoxy) is 1. The molecule has 146 valence electrons. The molecule has 3 aromatic rings. The van der Waals surface area contributed by atoms with Crippen LogP contribution in [-0.2, 0) is 22.6 Å². The van der Waals surface area contributed by atoms with Gasteiger partial charge >= 0.3 is 5.97 Å². The zero-order valence-corrected chi connectivity index (χ0v) is 15.5. The third kappa shape index (κ3) is 4.85. The van der Waals surface area contributed by atoms with E-state index in [4.69, 9.17) is 9.15 Å². The van der Waals surface area contributed by atoms with Crippen LogP contribution >= 0.6 is 0 Å². The zero-order chi connectivity index (χ0) is 20.1. The maximum Gasteiger partial charge on any atom is 0.375 e. The van der Waals surface area contributed by atoms with Crippen LogP contribution in [0, 0.1) is 5.82 Å². The largest absolute Gasteiger partial charge is 0.452 e. The summed E-state index contributed by atoms with van der Waals surface area (Å²) in [5, 5.41) is 4.06. The van der Waals surface area contributed by atoms with Crippen LogP contribution in [-0.4, -0.2) is 39.7 Å². The Balaban J connectivity index is 1.55. The quantitative estimate of drug-likeness (QED) is 0.585. The molecule has 0 saturated carbocycles. The minimum absolute atomic E-state index is 0.00888. The average molecular weight is 385 g/mol. The highest BCUT2D eigenvalue weighted by molar-refractivity contribution is 5.90. The summed E-state index contributed by atoms with van der Waals surface area (Å²) in [4.78, 5) is 26.0. The SMILES string of the molecule is CC(OC(=O)c1ccc(Cn2cccn2)o1)C(=O)N(C)Cc1cccc(F)c1. The van der Waals surface area contributed by atoms with Gasteiger partial charge in [-0.2, -0.15) is 5.10 Å². The van der Waals surface area contributed by atoms with Gasteiger partial charge in [0.2, 0.25) is 5.76 Å². The minimum atomic E-state index is -1.01. The number of carbonyl (C=O) groups excluding carboxylic acids is 2. The van der Waals surface area contributed by atoms with E-state index >= 15 is 0 Å². The Hall–Kier alpha value is -3.42. The number of benzene rings is 1. The van der Waals surface area contributed by atoms with Crippen molar-refractivity contribution in [2.45, 2.75) is 26.1 Å². The lowest BCUT2D eigenvalue weighted by Crippen LogP contribution is -2.37. The topological polar surface area (TPSA) is 77.6 Å². The van der Waals surface area contributed by atoms with E-state index in [-0.39, 0.29) is 18.1 Å². The molecule has 0 spiro atoms. The van der Waals surface area contributed by atoms with Gasteiger partial charge in [0.1, 0.15) is 11.6 Å². The van der Waals surface area contributed by atoms with Crippen molar-refractivity contribution in [3.63, 3.8) is 0 Å². The lowest BCUT2D eigenvalue weighted by molar-refractivity contribution is -0.139. The maximum atomic E-state index is 13.3. The highest BCUT2D eigenvalue weighted by atomic mass is 19.1. The molecule has 1 unspecified atom stereocenters. The van der Waals surface area contributed by atoms with E-state index in [9.17, 15) is 14.0 Å². The number of aromatic nitrogens is 2. The van der Waals surface area contributed by atoms with Crippen molar-refractivity contribution in [2.24, 2.45) is 0 Å². The first-order valence-corrected chi connectivity index (χ1v) is 8.69. The zero-order valence-electron chi connectivity index (χ0n) is 15.5. The summed E-state index contributed by atoms with van der Waals surface area (Å²) in [6.07, 6.45) is 2.41. The molecule has 2 heterocycles. The fraction of sp³-hybridized carbons (Fsp3) is 0.250. The van der Waals surface area contributed by atoms with Crippen molar-refractivity contribution < 1.29 is 23.1 Å². The summed E-state index contributed by atoms with van der Waals surface area (Å²) in [7, 11) is 1.56. The molecule has 0 bridgehead atoms. The molecule has 0 N–H and O–H groups in total. The molecule has 0 aliphatic rings. The molecule has 0 saturated heterocycles. The first kappa shape index (κ1) is 19.3. The molecular formula is C20H20FN3O4. The van der Waals surface area contributed by atoms with E-state index in [1.54, 1.807) is 48.4 Å². The highest BCUT2D eigenvalue weighted by Gasteiger charge is 2.24. The predicted molar refractivity (Wildman–Crippen MR) is 97.8 cm³/mol. The molecule has 0 aliphatic carbocycles. The van der Waals surface area contributed by atoms with E-state index < -0.39 is 18.0 Å². The molecule has 1 aromatic carbocycles. The first-order valence-electron chi connectivity index (χ1n) is 8.69. The van der Waals surface area contributed by atoms with E-state index in [1.807, 2.05) is 0 Å². The summed E-state index contributed by atoms with van der Waals surface area (Å²) < 4.78 is 25.6. The van der Waals surface area contributed by atoms with Crippen LogP contribution in [0.5, 0.6) is 0 Å². The van der Waals surface area contributed by atoms with Gasteiger partial charge in [0.05, 0.1) is 6.54 Å². The Kier molecular flexibility index (Phi) is 5.88. The number of carbonyl (C=O) groups is 2. The van der Waals surface area contributed by atoms with Crippen LogP contribution in [0.1, 0.15) is 28.8 Å². The van der Waals surface area contributed by atoms with Gasteiger partial charge in [-0.05, 0) is 42.8 Å². The van der Waals surface area contributed by atoms with E-state index in [0.29, 0.717) is 17.9 Å². The maximum absolute atomic E-state index is 13.3. The number of hydrogen-bond donors (Lipinski definition) is 0. The average Bonchev–Trinajstić information content (AvgIpc) is 3.33. The molecular weight excluding hydrogens is 365 g/mol. The Morgan fingerprint density at radius 1 is 1.29 bits per heavy atom. The normalized spacial score (nSPS) is 11.8. The van der Waals surface area contributed by atoms with Crippen molar-refractivity contribution in [3.05, 3.63) is 77.8 Å². The number of amides is 1. The summed E-state index contributed by atoms with van der Waals surface area (Å²) in [5.41, 5.74) is 0.642. The lowest BCUT2D eigenvalue weighted by atomic mass is 10.2. The van der Waals surface area contributed by atoms with Gasteiger partial charge < -0.3 is 14.1 Å². The highest BCUT2D eigenvalue weighted by Crippen LogP contribution is 2.13. The molecule has 3 rings (SSSR count). The number of rotatable bonds is 7. The Labute approximate surface area is 161 Å². The minimum Gasteiger partial charge on any atom is -0.452 e. The molecule has 0 fully saturated rings. The molecule has 8 heteroatoms. The van der Waals surface area contributed by atoms with Crippen LogP contribution in [0.25, 0.3) is 0 Å². The number of furan rings is 1. The van der Waals surface area contributed by atoms with E-state index in [0.717, 1.165) is 0 Å². The number of esters is 1. The molecule has 1 amide bonds. The monoisotopic (exact) mass is 385 g/mol. The van der Waals surface area contributed by atoms with Crippen molar-refractivity contribution in [3.8, 4) is 0 Å². The van der Waals surface area contributed by atoms with Gasteiger partial charge in [-0.1, -0.05) is 12.1 Å². The van der Waals surface area contributed by atoms with Gasteiger partial charge in [-0.3, -0.25) is 9.48 Å². The number of halogens is 1. The van der Waals surface area contributed by atoms with Crippen LogP contribution < -0.4 is 0 Å². The van der Waals surface area contributed by atoms with Crippen LogP contribution in [0.3, 0.4) is 0 Å². The van der Waals surface area contributed by atoms with Crippen LogP contribution in [0.15, 0.2) is 59.3 Å². The lowest BCUT2D eigenvalue weighted by Gasteiger charge is -2.21. The second-order valence-corrected chi connectivity index (χ2v) is 6.34. The van der Waals surface area contributed by atoms with Crippen molar-refractivity contribution in [1.29, 1.82) is 0 Å². The molecule has 28 heavy (non-hydrogen) atoms. The third-order valence-corrected chi connectivity index (χ3v) is 4.06. The first-order chi connectivity index (χ1) is 13.4. The number of nitrogens with zero attached hydrogens (tertiary/aromatic N) is 3. The Morgan fingerprint density at radius 2 is 2.11 bits per heavy atom. The summed E-state index contributed by atoms with van der Waals surface area (Å²) in [6.45, 7) is 2.06. The van der Waals surface area contributed by atoms with Crippen molar-refractivity contribution >= 4 is 11.9 Å². The molecule has 2 aromatic heterocycles. The molecule has 0 aliphatic heterocycles. The summed E-state index contributed by atoms with van der Waals surface area (Å²) in [6, 6.07) is 10.9. The van der Waals surface area contributed by atoms with Gasteiger partial charge in [0.25, 0.3) is 5.91 Å². The second kappa shape index (κ2) is 8.51. The van der Waals surface area contributed by atoms with Gasteiger partial charge in [-0.25, -0.2) is 9.18 Å². The third-order valence-electron chi connectivity index (χ3n) is 4.06. The second-order valence-electron chi connectivity index (χ2n) is 6.34. The Bertz CT molecular complexity index is 952. The molecule has 1 atom stereocenters. The van der Waals surface area contributed by atoms with Crippen LogP contribution in [0.4, 0.5) is 4.39 Å². The van der Waals surface area contributed by atoms with Gasteiger partial charge in [0.15, 0.2) is 6.10 Å². The van der Waals surface area contributed by atoms with Crippen molar-refractivity contribution in [2.75, 3.05) is 7.05 Å². The van der Waals surface area contributed by atoms with Crippen LogP contribution in [0.2, 0.25) is 0 Å². The number of hydrogen-bond acceptors (Lipinski definition) is 5. The fourth-order valence-electron chi connectivity index (χ4n) is 2.69. The number of likely N-dealkylation sites (N-methyl/N-ethyl adjacent to an activating group) is 1. The van der Waals surface area contributed by atoms with Gasteiger partial charge in [-0.15, -0.1) is 0 Å². The van der Waals surface area contributed by atoms with E-state index in [1.165, 1.54) is 30.0 Å². The van der Waals surface area contributed by atoms with Gasteiger partial charge in [0, 0.05) is 26.0 Å². The fourth-order valence-corrected chi connectivity index (χ4v) is 2.69. The summed E-state index contributed by atoms with van der Waals surface area (Å²) >= 11 is 0. The molecule has 0 radical (unpaired) electrons. The summed E-state index contributed by atoms with van der Waals surface area (Å²) in [5.74, 6) is -0.957. The Morgan fingerprint density at radius 3 is 2.82 bits per heavy atom. The molecule has 7 nitrogen and oxygen atoms in total.